The predicted octanol–water partition coefficient (Wildman–Crippen LogP) is 3.60. The molecule has 0 amide bonds. The molecule has 0 aliphatic heterocycles. The summed E-state index contributed by atoms with van der Waals surface area (Å²) in [6, 6.07) is -0.0168. The van der Waals surface area contributed by atoms with Crippen LogP contribution in [0.5, 0.6) is 0 Å². The number of aliphatic hydroxyl groups excluding tert-OH is 1. The molecule has 3 nitrogen and oxygen atoms in total. The van der Waals surface area contributed by atoms with Crippen LogP contribution < -0.4 is 0 Å². The number of halogens is 4. The Bertz CT molecular complexity index is 376. The van der Waals surface area contributed by atoms with Crippen molar-refractivity contribution < 1.29 is 18.3 Å². The van der Waals surface area contributed by atoms with Crippen LogP contribution in [0.2, 0.25) is 0 Å². The molecule has 1 rings (SSSR count). The number of nitrogens with zero attached hydrogens (tertiary/aromatic N) is 2. The zero-order chi connectivity index (χ0) is 13.2. The summed E-state index contributed by atoms with van der Waals surface area (Å²) in [7, 11) is 0. The first-order valence-electron chi connectivity index (χ1n) is 5.20. The van der Waals surface area contributed by atoms with Gasteiger partial charge in [0.2, 0.25) is 0 Å². The molecule has 17 heavy (non-hydrogen) atoms. The van der Waals surface area contributed by atoms with Gasteiger partial charge in [-0.05, 0) is 36.2 Å². The summed E-state index contributed by atoms with van der Waals surface area (Å²) in [5.74, 6) is 0. The number of alkyl halides is 3. The summed E-state index contributed by atoms with van der Waals surface area (Å²) in [4.78, 5) is 0. The number of aliphatic hydroxyl groups is 1. The molecular weight excluding hydrogens is 301 g/mol. The van der Waals surface area contributed by atoms with Gasteiger partial charge < -0.3 is 5.11 Å². The molecule has 7 heteroatoms. The fourth-order valence-electron chi connectivity index (χ4n) is 1.51. The maximum atomic E-state index is 12.1. The topological polar surface area (TPSA) is 38.0 Å². The highest BCUT2D eigenvalue weighted by Crippen LogP contribution is 2.32. The van der Waals surface area contributed by atoms with E-state index < -0.39 is 18.7 Å². The van der Waals surface area contributed by atoms with Crippen LogP contribution in [-0.2, 0) is 0 Å². The molecule has 0 aliphatic rings. The van der Waals surface area contributed by atoms with Gasteiger partial charge in [0.25, 0.3) is 0 Å². The van der Waals surface area contributed by atoms with E-state index in [1.165, 1.54) is 10.9 Å². The normalized spacial score (nSPS) is 14.4. The molecule has 0 saturated carbocycles. The molecule has 0 saturated heterocycles. The first kappa shape index (κ1) is 14.5. The lowest BCUT2D eigenvalue weighted by Crippen LogP contribution is -2.15. The van der Waals surface area contributed by atoms with Crippen molar-refractivity contribution in [1.29, 1.82) is 0 Å². The Labute approximate surface area is 106 Å². The average molecular weight is 315 g/mol. The van der Waals surface area contributed by atoms with Gasteiger partial charge in [0, 0.05) is 12.5 Å². The SMILES string of the molecule is CC(C)n1ncc(Br)c1C(O)CCC(F)(F)F. The van der Waals surface area contributed by atoms with Gasteiger partial charge in [0.15, 0.2) is 0 Å². The van der Waals surface area contributed by atoms with E-state index in [2.05, 4.69) is 21.0 Å². The van der Waals surface area contributed by atoms with Crippen LogP contribution in [0, 0.1) is 0 Å². The summed E-state index contributed by atoms with van der Waals surface area (Å²) in [5, 5.41) is 13.8. The molecule has 0 spiro atoms. The number of aromatic nitrogens is 2. The van der Waals surface area contributed by atoms with Crippen LogP contribution in [0.1, 0.15) is 44.5 Å². The standard InChI is InChI=1S/C10H14BrF3N2O/c1-6(2)16-9(7(11)5-15-16)8(17)3-4-10(12,13)14/h5-6,8,17H,3-4H2,1-2H3. The highest BCUT2D eigenvalue weighted by molar-refractivity contribution is 9.10. The quantitative estimate of drug-likeness (QED) is 0.922. The Morgan fingerprint density at radius 2 is 2.06 bits per heavy atom. The number of hydrogen-bond donors (Lipinski definition) is 1. The van der Waals surface area contributed by atoms with Crippen LogP contribution in [-0.4, -0.2) is 21.1 Å². The molecule has 1 aromatic rings. The molecule has 98 valence electrons. The van der Waals surface area contributed by atoms with Gasteiger partial charge in [-0.15, -0.1) is 0 Å². The van der Waals surface area contributed by atoms with E-state index in [-0.39, 0.29) is 12.5 Å². The second kappa shape index (κ2) is 5.39. The highest BCUT2D eigenvalue weighted by Gasteiger charge is 2.30. The van der Waals surface area contributed by atoms with Gasteiger partial charge >= 0.3 is 6.18 Å². The van der Waals surface area contributed by atoms with Gasteiger partial charge in [0.05, 0.1) is 22.5 Å². The molecule has 0 aromatic carbocycles. The van der Waals surface area contributed by atoms with E-state index in [0.717, 1.165) is 0 Å². The molecule has 1 atom stereocenters. The molecule has 0 fully saturated rings. The van der Waals surface area contributed by atoms with Gasteiger partial charge in [-0.2, -0.15) is 18.3 Å². The minimum Gasteiger partial charge on any atom is -0.387 e. The fourth-order valence-corrected chi connectivity index (χ4v) is 2.05. The average Bonchev–Trinajstić information content (AvgIpc) is 2.55. The summed E-state index contributed by atoms with van der Waals surface area (Å²) >= 11 is 3.18. The lowest BCUT2D eigenvalue weighted by Gasteiger charge is -2.17. The Morgan fingerprint density at radius 1 is 1.47 bits per heavy atom. The van der Waals surface area contributed by atoms with Crippen molar-refractivity contribution in [3.8, 4) is 0 Å². The van der Waals surface area contributed by atoms with Crippen LogP contribution in [0.4, 0.5) is 13.2 Å². The van der Waals surface area contributed by atoms with Gasteiger partial charge in [-0.25, -0.2) is 0 Å². The summed E-state index contributed by atoms with van der Waals surface area (Å²) in [5.41, 5.74) is 0.393. The third-order valence-corrected chi connectivity index (χ3v) is 2.90. The summed E-state index contributed by atoms with van der Waals surface area (Å²) < 4.78 is 38.3. The number of hydrogen-bond acceptors (Lipinski definition) is 2. The third-order valence-electron chi connectivity index (χ3n) is 2.29. The number of rotatable bonds is 4. The van der Waals surface area contributed by atoms with Crippen molar-refractivity contribution in [1.82, 2.24) is 9.78 Å². The lowest BCUT2D eigenvalue weighted by atomic mass is 10.1. The van der Waals surface area contributed by atoms with E-state index in [1.807, 2.05) is 13.8 Å². The van der Waals surface area contributed by atoms with E-state index in [1.54, 1.807) is 0 Å². The van der Waals surface area contributed by atoms with Crippen LogP contribution in [0.3, 0.4) is 0 Å². The van der Waals surface area contributed by atoms with Gasteiger partial charge in [-0.1, -0.05) is 0 Å². The van der Waals surface area contributed by atoms with Crippen molar-refractivity contribution in [2.75, 3.05) is 0 Å². The van der Waals surface area contributed by atoms with Gasteiger partial charge in [0.1, 0.15) is 0 Å². The largest absolute Gasteiger partial charge is 0.389 e. The van der Waals surface area contributed by atoms with E-state index >= 15 is 0 Å². The molecule has 0 radical (unpaired) electrons. The molecule has 1 N–H and O–H groups in total. The predicted molar refractivity (Wildman–Crippen MR) is 60.6 cm³/mol. The van der Waals surface area contributed by atoms with Crippen molar-refractivity contribution >= 4 is 15.9 Å². The second-order valence-electron chi connectivity index (χ2n) is 4.09. The molecule has 1 heterocycles. The van der Waals surface area contributed by atoms with E-state index in [4.69, 9.17) is 0 Å². The highest BCUT2D eigenvalue weighted by atomic mass is 79.9. The van der Waals surface area contributed by atoms with Crippen molar-refractivity contribution in [2.45, 2.75) is 45.0 Å². The Kier molecular flexibility index (Phi) is 4.60. The van der Waals surface area contributed by atoms with Crippen molar-refractivity contribution in [2.24, 2.45) is 0 Å². The maximum Gasteiger partial charge on any atom is 0.389 e. The Morgan fingerprint density at radius 3 is 2.53 bits per heavy atom. The monoisotopic (exact) mass is 314 g/mol. The third kappa shape index (κ3) is 3.99. The van der Waals surface area contributed by atoms with Crippen LogP contribution >= 0.6 is 15.9 Å². The first-order chi connectivity index (χ1) is 7.72. The van der Waals surface area contributed by atoms with E-state index in [9.17, 15) is 18.3 Å². The lowest BCUT2D eigenvalue weighted by molar-refractivity contribution is -0.140. The minimum atomic E-state index is -4.25. The fraction of sp³-hybridized carbons (Fsp3) is 0.700. The first-order valence-corrected chi connectivity index (χ1v) is 5.99. The molecule has 1 unspecified atom stereocenters. The maximum absolute atomic E-state index is 12.1. The van der Waals surface area contributed by atoms with Crippen LogP contribution in [0.15, 0.2) is 10.7 Å². The Balaban J connectivity index is 2.81. The summed E-state index contributed by atoms with van der Waals surface area (Å²) in [6.07, 6.45) is -5.32. The van der Waals surface area contributed by atoms with E-state index in [0.29, 0.717) is 10.2 Å². The van der Waals surface area contributed by atoms with Crippen LogP contribution in [0.25, 0.3) is 0 Å². The molecule has 0 aliphatic carbocycles. The Hall–Kier alpha value is -0.560. The molecular formula is C10H14BrF3N2O. The smallest absolute Gasteiger partial charge is 0.387 e. The molecule has 0 bridgehead atoms. The zero-order valence-corrected chi connectivity index (χ0v) is 11.1. The minimum absolute atomic E-state index is 0.0168. The summed E-state index contributed by atoms with van der Waals surface area (Å²) in [6.45, 7) is 3.69. The van der Waals surface area contributed by atoms with Crippen molar-refractivity contribution in [3.63, 3.8) is 0 Å². The van der Waals surface area contributed by atoms with Gasteiger partial charge in [-0.3, -0.25) is 4.68 Å². The van der Waals surface area contributed by atoms with Crippen molar-refractivity contribution in [3.05, 3.63) is 16.4 Å². The second-order valence-corrected chi connectivity index (χ2v) is 4.94. The molecule has 1 aromatic heterocycles. The zero-order valence-electron chi connectivity index (χ0n) is 9.50.